The van der Waals surface area contributed by atoms with E-state index in [1.807, 2.05) is 37.3 Å². The number of aliphatic carboxylic acids is 1. The van der Waals surface area contributed by atoms with E-state index < -0.39 is 21.1 Å². The van der Waals surface area contributed by atoms with Crippen LogP contribution in [0.4, 0.5) is 0 Å². The molecule has 5 nitrogen and oxygen atoms in total. The van der Waals surface area contributed by atoms with Crippen LogP contribution in [0.1, 0.15) is 31.2 Å². The van der Waals surface area contributed by atoms with E-state index in [4.69, 9.17) is 4.74 Å². The maximum Gasteiger partial charge on any atom is 0.322 e. The molecule has 0 radical (unpaired) electrons. The summed E-state index contributed by atoms with van der Waals surface area (Å²) in [5, 5.41) is 7.96. The van der Waals surface area contributed by atoms with Gasteiger partial charge in [-0.25, -0.2) is 8.42 Å². The Bertz CT molecular complexity index is 798. The maximum atomic E-state index is 12.6. The molecule has 6 heteroatoms. The molecule has 1 unspecified atom stereocenters. The molecule has 0 aliphatic heterocycles. The second-order valence-electron chi connectivity index (χ2n) is 6.20. The molecule has 0 heterocycles. The Morgan fingerprint density at radius 1 is 1.00 bits per heavy atom. The number of benzene rings is 2. The van der Waals surface area contributed by atoms with Crippen molar-refractivity contribution in [2.75, 3.05) is 6.61 Å². The number of carbonyl (C=O) groups is 1. The van der Waals surface area contributed by atoms with Gasteiger partial charge < -0.3 is 9.84 Å². The van der Waals surface area contributed by atoms with Crippen LogP contribution in [0.3, 0.4) is 0 Å². The molecule has 0 aliphatic carbocycles. The van der Waals surface area contributed by atoms with Crippen LogP contribution >= 0.6 is 0 Å². The molecule has 0 spiro atoms. The minimum Gasteiger partial charge on any atom is -0.494 e. The lowest BCUT2D eigenvalue weighted by atomic mass is 10.1. The molecule has 140 valence electrons. The minimum atomic E-state index is -3.88. The molecule has 2 aromatic carbocycles. The van der Waals surface area contributed by atoms with E-state index in [9.17, 15) is 18.3 Å². The summed E-state index contributed by atoms with van der Waals surface area (Å²) >= 11 is 0. The van der Waals surface area contributed by atoms with Gasteiger partial charge in [-0.15, -0.1) is 0 Å². The van der Waals surface area contributed by atoms with Crippen LogP contribution in [0, 0.1) is 6.92 Å². The van der Waals surface area contributed by atoms with E-state index in [1.165, 1.54) is 12.1 Å². The summed E-state index contributed by atoms with van der Waals surface area (Å²) in [4.78, 5) is 11.5. The van der Waals surface area contributed by atoms with Gasteiger partial charge in [-0.3, -0.25) is 4.79 Å². The van der Waals surface area contributed by atoms with Gasteiger partial charge in [0.05, 0.1) is 11.5 Å². The number of sulfone groups is 1. The number of hydrogen-bond acceptors (Lipinski definition) is 4. The largest absolute Gasteiger partial charge is 0.494 e. The zero-order valence-corrected chi connectivity index (χ0v) is 15.6. The lowest BCUT2D eigenvalue weighted by Crippen LogP contribution is -2.30. The van der Waals surface area contributed by atoms with Gasteiger partial charge in [-0.05, 0) is 44.0 Å². The number of hydrogen-bond donors (Lipinski definition) is 1. The van der Waals surface area contributed by atoms with Crippen LogP contribution in [-0.2, 0) is 14.6 Å². The van der Waals surface area contributed by atoms with Crippen LogP contribution in [-0.4, -0.2) is 31.4 Å². The zero-order valence-electron chi connectivity index (χ0n) is 14.8. The lowest BCUT2D eigenvalue weighted by molar-refractivity contribution is -0.136. The molecular formula is C20H24O5S. The fourth-order valence-corrected chi connectivity index (χ4v) is 4.21. The summed E-state index contributed by atoms with van der Waals surface area (Å²) in [5.74, 6) is -0.510. The third-order valence-electron chi connectivity index (χ3n) is 4.12. The average Bonchev–Trinajstić information content (AvgIpc) is 2.61. The Labute approximate surface area is 154 Å². The Hall–Kier alpha value is -2.34. The Balaban J connectivity index is 1.84. The van der Waals surface area contributed by atoms with Crippen molar-refractivity contribution in [1.29, 1.82) is 0 Å². The molecule has 0 bridgehead atoms. The van der Waals surface area contributed by atoms with Gasteiger partial charge in [-0.2, -0.15) is 0 Å². The highest BCUT2D eigenvalue weighted by molar-refractivity contribution is 7.92. The van der Waals surface area contributed by atoms with Crippen LogP contribution in [0.2, 0.25) is 0 Å². The van der Waals surface area contributed by atoms with Crippen LogP contribution in [0.5, 0.6) is 5.75 Å². The van der Waals surface area contributed by atoms with Gasteiger partial charge >= 0.3 is 5.97 Å². The molecule has 1 atom stereocenters. The van der Waals surface area contributed by atoms with Crippen molar-refractivity contribution in [2.24, 2.45) is 0 Å². The number of unbranched alkanes of at least 4 members (excludes halogenated alkanes) is 2. The molecule has 1 N–H and O–H groups in total. The van der Waals surface area contributed by atoms with Crippen molar-refractivity contribution in [3.63, 3.8) is 0 Å². The Morgan fingerprint density at radius 2 is 1.65 bits per heavy atom. The summed E-state index contributed by atoms with van der Waals surface area (Å²) < 4.78 is 30.7. The number of rotatable bonds is 10. The predicted octanol–water partition coefficient (Wildman–Crippen LogP) is 3.86. The van der Waals surface area contributed by atoms with E-state index in [0.29, 0.717) is 19.4 Å². The van der Waals surface area contributed by atoms with E-state index in [1.54, 1.807) is 12.1 Å². The molecule has 2 aromatic rings. The van der Waals surface area contributed by atoms with Crippen LogP contribution < -0.4 is 4.74 Å². The molecule has 0 aromatic heterocycles. The van der Waals surface area contributed by atoms with E-state index in [-0.39, 0.29) is 11.3 Å². The van der Waals surface area contributed by atoms with Gasteiger partial charge in [0.15, 0.2) is 15.1 Å². The summed E-state index contributed by atoms with van der Waals surface area (Å²) in [6, 6.07) is 15.7. The normalized spacial score (nSPS) is 12.5. The second kappa shape index (κ2) is 9.38. The first-order chi connectivity index (χ1) is 12.4. The monoisotopic (exact) mass is 376 g/mol. The third kappa shape index (κ3) is 5.59. The van der Waals surface area contributed by atoms with Crippen molar-refractivity contribution in [2.45, 2.75) is 42.8 Å². The van der Waals surface area contributed by atoms with E-state index >= 15 is 0 Å². The number of carboxylic acid groups (broad SMARTS) is 1. The van der Waals surface area contributed by atoms with Gasteiger partial charge in [0, 0.05) is 0 Å². The number of aryl methyl sites for hydroxylation is 1. The maximum absolute atomic E-state index is 12.6. The Kier molecular flexibility index (Phi) is 7.21. The smallest absolute Gasteiger partial charge is 0.322 e. The first kappa shape index (κ1) is 20.0. The molecule has 0 saturated carbocycles. The summed E-state index contributed by atoms with van der Waals surface area (Å²) in [5.41, 5.74) is 0.925. The molecular weight excluding hydrogens is 352 g/mol. The van der Waals surface area contributed by atoms with E-state index in [0.717, 1.165) is 17.7 Å². The van der Waals surface area contributed by atoms with Crippen molar-refractivity contribution in [1.82, 2.24) is 0 Å². The number of carboxylic acids is 1. The van der Waals surface area contributed by atoms with Gasteiger partial charge in [0.25, 0.3) is 0 Å². The third-order valence-corrected chi connectivity index (χ3v) is 6.24. The standard InChI is InChI=1S/C20H24O5S/c1-16-11-13-18(14-12-16)26(23,24)19(20(21)22)10-6-3-7-15-25-17-8-4-2-5-9-17/h2,4-5,8-9,11-14,19H,3,6-7,10,15H2,1H3,(H,21,22). The van der Waals surface area contributed by atoms with Crippen molar-refractivity contribution >= 4 is 15.8 Å². The fraction of sp³-hybridized carbons (Fsp3) is 0.350. The van der Waals surface area contributed by atoms with Crippen LogP contribution in [0.15, 0.2) is 59.5 Å². The van der Waals surface area contributed by atoms with Crippen molar-refractivity contribution in [3.05, 3.63) is 60.2 Å². The molecule has 26 heavy (non-hydrogen) atoms. The van der Waals surface area contributed by atoms with Crippen molar-refractivity contribution in [3.8, 4) is 5.75 Å². The highest BCUT2D eigenvalue weighted by atomic mass is 32.2. The van der Waals surface area contributed by atoms with Gasteiger partial charge in [-0.1, -0.05) is 48.7 Å². The summed E-state index contributed by atoms with van der Waals surface area (Å²) in [6.07, 6.45) is 2.06. The summed E-state index contributed by atoms with van der Waals surface area (Å²) in [7, 11) is -3.88. The molecule has 0 saturated heterocycles. The highest BCUT2D eigenvalue weighted by Gasteiger charge is 2.33. The molecule has 0 amide bonds. The second-order valence-corrected chi connectivity index (χ2v) is 8.33. The molecule has 2 rings (SSSR count). The molecule has 0 fully saturated rings. The van der Waals surface area contributed by atoms with E-state index in [2.05, 4.69) is 0 Å². The lowest BCUT2D eigenvalue weighted by Gasteiger charge is -2.14. The van der Waals surface area contributed by atoms with Gasteiger partial charge in [0.1, 0.15) is 5.75 Å². The number of ether oxygens (including phenoxy) is 1. The number of para-hydroxylation sites is 1. The average molecular weight is 376 g/mol. The first-order valence-corrected chi connectivity index (χ1v) is 10.2. The summed E-state index contributed by atoms with van der Waals surface area (Å²) in [6.45, 7) is 2.37. The minimum absolute atomic E-state index is 0.0583. The zero-order chi connectivity index (χ0) is 19.0. The molecule has 0 aliphatic rings. The quantitative estimate of drug-likeness (QED) is 0.637. The van der Waals surface area contributed by atoms with Gasteiger partial charge in [0.2, 0.25) is 0 Å². The first-order valence-electron chi connectivity index (χ1n) is 8.62. The topological polar surface area (TPSA) is 80.7 Å². The highest BCUT2D eigenvalue weighted by Crippen LogP contribution is 2.21. The van der Waals surface area contributed by atoms with Crippen LogP contribution in [0.25, 0.3) is 0 Å². The predicted molar refractivity (Wildman–Crippen MR) is 100 cm³/mol. The SMILES string of the molecule is Cc1ccc(S(=O)(=O)C(CCCCCOc2ccccc2)C(=O)O)cc1. The van der Waals surface area contributed by atoms with Crippen molar-refractivity contribution < 1.29 is 23.1 Å². The fourth-order valence-electron chi connectivity index (χ4n) is 2.62. The Morgan fingerprint density at radius 3 is 2.27 bits per heavy atom.